The molecule has 4 heteroatoms. The van der Waals surface area contributed by atoms with E-state index in [1.54, 1.807) is 7.05 Å². The smallest absolute Gasteiger partial charge is 0.259 e. The van der Waals surface area contributed by atoms with E-state index in [1.807, 2.05) is 0 Å². The summed E-state index contributed by atoms with van der Waals surface area (Å²) in [5, 5.41) is 0. The fraction of sp³-hybridized carbons (Fsp3) is 0.333. The third-order valence-corrected chi connectivity index (χ3v) is 1.41. The molecular weight excluding hydrogens is 132 g/mol. The lowest BCUT2D eigenvalue weighted by molar-refractivity contribution is -0.126. The molecule has 2 amide bonds. The van der Waals surface area contributed by atoms with E-state index in [0.29, 0.717) is 6.54 Å². The molecule has 1 aliphatic heterocycles. The molecule has 0 fully saturated rings. The average molecular weight is 140 g/mol. The number of nitrogens with zero attached hydrogens (tertiary/aromatic N) is 1. The van der Waals surface area contributed by atoms with Gasteiger partial charge in [-0.15, -0.1) is 0 Å². The van der Waals surface area contributed by atoms with E-state index in [4.69, 9.17) is 5.73 Å². The highest BCUT2D eigenvalue weighted by molar-refractivity contribution is 6.19. The van der Waals surface area contributed by atoms with Gasteiger partial charge in [-0.2, -0.15) is 0 Å². The molecule has 1 rings (SSSR count). The molecule has 0 aromatic heterocycles. The molecule has 0 bridgehead atoms. The maximum atomic E-state index is 10.9. The SMILES string of the molecule is CN1CC=C(C(N)=O)C1=O. The number of hydrogen-bond donors (Lipinski definition) is 1. The Morgan fingerprint density at radius 1 is 1.80 bits per heavy atom. The van der Waals surface area contributed by atoms with Crippen LogP contribution in [0.15, 0.2) is 11.6 Å². The van der Waals surface area contributed by atoms with Gasteiger partial charge < -0.3 is 10.6 Å². The first-order chi connectivity index (χ1) is 4.63. The summed E-state index contributed by atoms with van der Waals surface area (Å²) in [7, 11) is 1.62. The Morgan fingerprint density at radius 2 is 2.40 bits per heavy atom. The molecule has 0 spiro atoms. The van der Waals surface area contributed by atoms with E-state index < -0.39 is 5.91 Å². The lowest BCUT2D eigenvalue weighted by Crippen LogP contribution is -2.27. The van der Waals surface area contributed by atoms with Gasteiger partial charge in [0.2, 0.25) is 0 Å². The van der Waals surface area contributed by atoms with Crippen molar-refractivity contribution in [3.05, 3.63) is 11.6 Å². The zero-order valence-electron chi connectivity index (χ0n) is 5.63. The topological polar surface area (TPSA) is 63.4 Å². The van der Waals surface area contributed by atoms with E-state index in [-0.39, 0.29) is 11.5 Å². The number of hydrogen-bond acceptors (Lipinski definition) is 2. The van der Waals surface area contributed by atoms with Crippen LogP contribution in [0.25, 0.3) is 0 Å². The highest BCUT2D eigenvalue weighted by Gasteiger charge is 2.23. The molecule has 0 atom stereocenters. The Hall–Kier alpha value is -1.32. The highest BCUT2D eigenvalue weighted by atomic mass is 16.2. The summed E-state index contributed by atoms with van der Waals surface area (Å²) in [4.78, 5) is 22.8. The van der Waals surface area contributed by atoms with Gasteiger partial charge in [0.05, 0.1) is 0 Å². The zero-order chi connectivity index (χ0) is 7.72. The predicted molar refractivity (Wildman–Crippen MR) is 34.9 cm³/mol. The highest BCUT2D eigenvalue weighted by Crippen LogP contribution is 2.06. The monoisotopic (exact) mass is 140 g/mol. The lowest BCUT2D eigenvalue weighted by Gasteiger charge is -2.05. The van der Waals surface area contributed by atoms with E-state index in [9.17, 15) is 9.59 Å². The van der Waals surface area contributed by atoms with Crippen molar-refractivity contribution in [2.24, 2.45) is 5.73 Å². The van der Waals surface area contributed by atoms with Crippen LogP contribution in [0.4, 0.5) is 0 Å². The average Bonchev–Trinajstić information content (AvgIpc) is 2.14. The van der Waals surface area contributed by atoms with Crippen LogP contribution in [-0.4, -0.2) is 30.3 Å². The van der Waals surface area contributed by atoms with Gasteiger partial charge in [-0.05, 0) is 6.08 Å². The molecular formula is C6H8N2O2. The van der Waals surface area contributed by atoms with Crippen LogP contribution in [0.3, 0.4) is 0 Å². The van der Waals surface area contributed by atoms with Gasteiger partial charge in [-0.1, -0.05) is 0 Å². The summed E-state index contributed by atoms with van der Waals surface area (Å²) in [6.45, 7) is 0.483. The molecule has 2 N–H and O–H groups in total. The largest absolute Gasteiger partial charge is 0.365 e. The van der Waals surface area contributed by atoms with E-state index in [0.717, 1.165) is 0 Å². The van der Waals surface area contributed by atoms with Gasteiger partial charge in [0.15, 0.2) is 0 Å². The van der Waals surface area contributed by atoms with Crippen molar-refractivity contribution in [2.75, 3.05) is 13.6 Å². The molecule has 0 unspecified atom stereocenters. The first-order valence-electron chi connectivity index (χ1n) is 2.88. The number of carbonyl (C=O) groups is 2. The standard InChI is InChI=1S/C6H8N2O2/c1-8-3-2-4(5(7)9)6(8)10/h2H,3H2,1H3,(H2,7,9). The summed E-state index contributed by atoms with van der Waals surface area (Å²) in [5.41, 5.74) is 5.00. The van der Waals surface area contributed by atoms with Gasteiger partial charge >= 0.3 is 0 Å². The van der Waals surface area contributed by atoms with E-state index >= 15 is 0 Å². The van der Waals surface area contributed by atoms with Crippen LogP contribution < -0.4 is 5.73 Å². The first kappa shape index (κ1) is 6.80. The van der Waals surface area contributed by atoms with Crippen molar-refractivity contribution in [3.63, 3.8) is 0 Å². The molecule has 0 radical (unpaired) electrons. The van der Waals surface area contributed by atoms with E-state index in [1.165, 1.54) is 11.0 Å². The number of carbonyl (C=O) groups excluding carboxylic acids is 2. The quantitative estimate of drug-likeness (QED) is 0.468. The van der Waals surface area contributed by atoms with Gasteiger partial charge in [0.25, 0.3) is 11.8 Å². The summed E-state index contributed by atoms with van der Waals surface area (Å²) in [6, 6.07) is 0. The van der Waals surface area contributed by atoms with Crippen LogP contribution in [0.2, 0.25) is 0 Å². The second-order valence-electron chi connectivity index (χ2n) is 2.17. The number of nitrogens with two attached hydrogens (primary N) is 1. The van der Waals surface area contributed by atoms with Crippen LogP contribution in [0, 0.1) is 0 Å². The minimum atomic E-state index is -0.644. The van der Waals surface area contributed by atoms with Crippen molar-refractivity contribution >= 4 is 11.8 Å². The Morgan fingerprint density at radius 3 is 2.60 bits per heavy atom. The molecule has 0 aromatic rings. The molecule has 0 aliphatic carbocycles. The number of amides is 2. The van der Waals surface area contributed by atoms with Gasteiger partial charge in [0, 0.05) is 13.6 Å². The fourth-order valence-electron chi connectivity index (χ4n) is 0.810. The van der Waals surface area contributed by atoms with Gasteiger partial charge in [0.1, 0.15) is 5.57 Å². The van der Waals surface area contributed by atoms with Crippen molar-refractivity contribution in [1.82, 2.24) is 4.90 Å². The molecule has 0 saturated heterocycles. The van der Waals surface area contributed by atoms with Crippen LogP contribution in [0.5, 0.6) is 0 Å². The lowest BCUT2D eigenvalue weighted by atomic mass is 10.2. The molecule has 0 saturated carbocycles. The minimum absolute atomic E-state index is 0.0995. The Bertz CT molecular complexity index is 220. The summed E-state index contributed by atoms with van der Waals surface area (Å²) >= 11 is 0. The number of rotatable bonds is 1. The minimum Gasteiger partial charge on any atom is -0.365 e. The van der Waals surface area contributed by atoms with E-state index in [2.05, 4.69) is 0 Å². The number of likely N-dealkylation sites (N-methyl/N-ethyl adjacent to an activating group) is 1. The normalized spacial score (nSPS) is 17.5. The van der Waals surface area contributed by atoms with Crippen LogP contribution in [0.1, 0.15) is 0 Å². The Kier molecular flexibility index (Phi) is 1.45. The van der Waals surface area contributed by atoms with Crippen molar-refractivity contribution in [3.8, 4) is 0 Å². The zero-order valence-corrected chi connectivity index (χ0v) is 5.63. The van der Waals surface area contributed by atoms with Crippen molar-refractivity contribution in [1.29, 1.82) is 0 Å². The third-order valence-electron chi connectivity index (χ3n) is 1.41. The summed E-state index contributed by atoms with van der Waals surface area (Å²) in [5.74, 6) is -0.929. The fourth-order valence-corrected chi connectivity index (χ4v) is 0.810. The molecule has 4 nitrogen and oxygen atoms in total. The van der Waals surface area contributed by atoms with Gasteiger partial charge in [-0.25, -0.2) is 0 Å². The molecule has 1 aliphatic rings. The van der Waals surface area contributed by atoms with Crippen LogP contribution in [-0.2, 0) is 9.59 Å². The van der Waals surface area contributed by atoms with Gasteiger partial charge in [-0.3, -0.25) is 9.59 Å². The third kappa shape index (κ3) is 0.877. The predicted octanol–water partition coefficient (Wildman–Crippen LogP) is -1.13. The van der Waals surface area contributed by atoms with Crippen molar-refractivity contribution < 1.29 is 9.59 Å². The second-order valence-corrected chi connectivity index (χ2v) is 2.17. The summed E-state index contributed by atoms with van der Waals surface area (Å²) in [6.07, 6.45) is 1.53. The second kappa shape index (κ2) is 2.13. The Labute approximate surface area is 58.3 Å². The maximum absolute atomic E-state index is 10.9. The molecule has 0 aromatic carbocycles. The molecule has 1 heterocycles. The first-order valence-corrected chi connectivity index (χ1v) is 2.88. The molecule has 10 heavy (non-hydrogen) atoms. The molecule has 54 valence electrons. The van der Waals surface area contributed by atoms with Crippen molar-refractivity contribution in [2.45, 2.75) is 0 Å². The number of primary amides is 1. The summed E-state index contributed by atoms with van der Waals surface area (Å²) < 4.78 is 0. The van der Waals surface area contributed by atoms with Crippen LogP contribution >= 0.6 is 0 Å². The maximum Gasteiger partial charge on any atom is 0.259 e. The Balaban J connectivity index is 2.82.